The predicted octanol–water partition coefficient (Wildman–Crippen LogP) is 3.81. The third-order valence-corrected chi connectivity index (χ3v) is 3.94. The zero-order chi connectivity index (χ0) is 16.4. The molecule has 2 aromatic heterocycles. The van der Waals surface area contributed by atoms with E-state index < -0.39 is 0 Å². The molecule has 0 saturated carbocycles. The van der Waals surface area contributed by atoms with Crippen molar-refractivity contribution in [3.8, 4) is 11.3 Å². The normalized spacial score (nSPS) is 10.6. The molecular weight excluding hydrogens is 356 g/mol. The maximum atomic E-state index is 12.5. The Kier molecular flexibility index (Phi) is 4.25. The molecule has 5 nitrogen and oxygen atoms in total. The fourth-order valence-corrected chi connectivity index (χ4v) is 2.46. The van der Waals surface area contributed by atoms with Gasteiger partial charge < -0.3 is 5.32 Å². The first-order chi connectivity index (χ1) is 11.0. The van der Waals surface area contributed by atoms with E-state index in [4.69, 9.17) is 0 Å². The lowest BCUT2D eigenvalue weighted by Gasteiger charge is -2.08. The molecule has 3 aromatic rings. The number of carbonyl (C=O) groups is 1. The first-order valence-corrected chi connectivity index (χ1v) is 7.86. The Labute approximate surface area is 142 Å². The lowest BCUT2D eigenvalue weighted by Crippen LogP contribution is -2.15. The van der Waals surface area contributed by atoms with Gasteiger partial charge in [-0.2, -0.15) is 5.10 Å². The Morgan fingerprint density at radius 3 is 2.57 bits per heavy atom. The topological polar surface area (TPSA) is 59.8 Å². The van der Waals surface area contributed by atoms with Gasteiger partial charge in [0.05, 0.1) is 11.9 Å². The molecule has 0 fully saturated rings. The van der Waals surface area contributed by atoms with Crippen molar-refractivity contribution in [1.29, 1.82) is 0 Å². The van der Waals surface area contributed by atoms with E-state index in [1.165, 1.54) is 0 Å². The summed E-state index contributed by atoms with van der Waals surface area (Å²) in [5.74, 6) is -0.226. The Balaban J connectivity index is 1.89. The van der Waals surface area contributed by atoms with Gasteiger partial charge >= 0.3 is 0 Å². The standard InChI is InChI=1S/C17H15BrN4O/c1-11-3-8-15(12-9-19-22(2)10-12)21-16(11)17(23)20-14-6-4-13(18)5-7-14/h3-10H,1-2H3,(H,20,23). The van der Waals surface area contributed by atoms with Crippen LogP contribution in [0.5, 0.6) is 0 Å². The van der Waals surface area contributed by atoms with Crippen molar-refractivity contribution in [2.24, 2.45) is 7.05 Å². The van der Waals surface area contributed by atoms with Crippen molar-refractivity contribution in [3.63, 3.8) is 0 Å². The summed E-state index contributed by atoms with van der Waals surface area (Å²) < 4.78 is 2.67. The highest BCUT2D eigenvalue weighted by atomic mass is 79.9. The van der Waals surface area contributed by atoms with Gasteiger partial charge in [-0.1, -0.05) is 22.0 Å². The van der Waals surface area contributed by atoms with Gasteiger partial charge in [0.25, 0.3) is 5.91 Å². The van der Waals surface area contributed by atoms with E-state index in [2.05, 4.69) is 31.3 Å². The molecule has 3 rings (SSSR count). The minimum absolute atomic E-state index is 0.226. The van der Waals surface area contributed by atoms with Crippen molar-refractivity contribution in [1.82, 2.24) is 14.8 Å². The molecule has 0 atom stereocenters. The first kappa shape index (κ1) is 15.4. The smallest absolute Gasteiger partial charge is 0.274 e. The van der Waals surface area contributed by atoms with Gasteiger partial charge in [0.2, 0.25) is 0 Å². The predicted molar refractivity (Wildman–Crippen MR) is 93.3 cm³/mol. The Bertz CT molecular complexity index is 855. The first-order valence-electron chi connectivity index (χ1n) is 7.06. The summed E-state index contributed by atoms with van der Waals surface area (Å²) in [5, 5.41) is 7.00. The van der Waals surface area contributed by atoms with Gasteiger partial charge in [0, 0.05) is 29.0 Å². The third kappa shape index (κ3) is 3.48. The monoisotopic (exact) mass is 370 g/mol. The summed E-state index contributed by atoms with van der Waals surface area (Å²) in [6, 6.07) is 11.2. The number of hydrogen-bond acceptors (Lipinski definition) is 3. The van der Waals surface area contributed by atoms with Crippen LogP contribution in [0, 0.1) is 6.92 Å². The largest absolute Gasteiger partial charge is 0.321 e. The van der Waals surface area contributed by atoms with Crippen LogP contribution >= 0.6 is 15.9 Å². The molecule has 0 radical (unpaired) electrons. The quantitative estimate of drug-likeness (QED) is 0.762. The Morgan fingerprint density at radius 2 is 1.91 bits per heavy atom. The van der Waals surface area contributed by atoms with Gasteiger partial charge in [-0.15, -0.1) is 0 Å². The summed E-state index contributed by atoms with van der Waals surface area (Å²) in [7, 11) is 1.85. The number of rotatable bonds is 3. The molecule has 1 aromatic carbocycles. The number of carbonyl (C=O) groups excluding carboxylic acids is 1. The minimum atomic E-state index is -0.226. The van der Waals surface area contributed by atoms with Gasteiger partial charge in [-0.25, -0.2) is 4.98 Å². The second-order valence-corrected chi connectivity index (χ2v) is 6.14. The number of benzene rings is 1. The van der Waals surface area contributed by atoms with Crippen LogP contribution in [0.1, 0.15) is 16.1 Å². The number of hydrogen-bond donors (Lipinski definition) is 1. The molecule has 0 unspecified atom stereocenters. The molecule has 0 spiro atoms. The van der Waals surface area contributed by atoms with Gasteiger partial charge in [-0.05, 0) is 42.8 Å². The number of nitrogens with one attached hydrogen (secondary N) is 1. The van der Waals surface area contributed by atoms with E-state index in [0.717, 1.165) is 27.0 Å². The number of pyridine rings is 1. The lowest BCUT2D eigenvalue weighted by atomic mass is 10.1. The Morgan fingerprint density at radius 1 is 1.17 bits per heavy atom. The summed E-state index contributed by atoms with van der Waals surface area (Å²) in [5.41, 5.74) is 3.57. The second-order valence-electron chi connectivity index (χ2n) is 5.23. The van der Waals surface area contributed by atoms with Gasteiger partial charge in [0.1, 0.15) is 5.69 Å². The van der Waals surface area contributed by atoms with E-state index in [1.807, 2.05) is 56.6 Å². The third-order valence-electron chi connectivity index (χ3n) is 3.41. The number of anilines is 1. The number of aromatic nitrogens is 3. The van der Waals surface area contributed by atoms with Crippen LogP contribution in [0.15, 0.2) is 53.3 Å². The Hall–Kier alpha value is -2.47. The summed E-state index contributed by atoms with van der Waals surface area (Å²) in [6.07, 6.45) is 3.60. The maximum Gasteiger partial charge on any atom is 0.274 e. The molecule has 0 bridgehead atoms. The molecule has 1 amide bonds. The van der Waals surface area contributed by atoms with Crippen molar-refractivity contribution in [2.75, 3.05) is 5.32 Å². The maximum absolute atomic E-state index is 12.5. The molecule has 23 heavy (non-hydrogen) atoms. The number of nitrogens with zero attached hydrogens (tertiary/aromatic N) is 3. The van der Waals surface area contributed by atoms with Crippen LogP contribution < -0.4 is 5.32 Å². The summed E-state index contributed by atoms with van der Waals surface area (Å²) in [4.78, 5) is 17.0. The highest BCUT2D eigenvalue weighted by molar-refractivity contribution is 9.10. The molecule has 0 aliphatic rings. The average Bonchev–Trinajstić information content (AvgIpc) is 2.96. The highest BCUT2D eigenvalue weighted by Crippen LogP contribution is 2.20. The van der Waals surface area contributed by atoms with Crippen LogP contribution in [0.3, 0.4) is 0 Å². The zero-order valence-corrected chi connectivity index (χ0v) is 14.3. The molecule has 0 aliphatic heterocycles. The fraction of sp³-hybridized carbons (Fsp3) is 0.118. The summed E-state index contributed by atoms with van der Waals surface area (Å²) >= 11 is 3.37. The summed E-state index contributed by atoms with van der Waals surface area (Å²) in [6.45, 7) is 1.87. The fourth-order valence-electron chi connectivity index (χ4n) is 2.20. The molecule has 1 N–H and O–H groups in total. The van der Waals surface area contributed by atoms with E-state index in [-0.39, 0.29) is 5.91 Å². The van der Waals surface area contributed by atoms with Crippen molar-refractivity contribution < 1.29 is 4.79 Å². The van der Waals surface area contributed by atoms with Crippen LogP contribution in [-0.4, -0.2) is 20.7 Å². The minimum Gasteiger partial charge on any atom is -0.321 e. The van der Waals surface area contributed by atoms with Gasteiger partial charge in [0.15, 0.2) is 0 Å². The molecule has 0 aliphatic carbocycles. The van der Waals surface area contributed by atoms with Crippen LogP contribution in [0.4, 0.5) is 5.69 Å². The molecule has 0 saturated heterocycles. The molecule has 6 heteroatoms. The lowest BCUT2D eigenvalue weighted by molar-refractivity contribution is 0.102. The van der Waals surface area contributed by atoms with Crippen LogP contribution in [-0.2, 0) is 7.05 Å². The van der Waals surface area contributed by atoms with Crippen molar-refractivity contribution >= 4 is 27.5 Å². The van der Waals surface area contributed by atoms with E-state index in [9.17, 15) is 4.79 Å². The van der Waals surface area contributed by atoms with E-state index in [0.29, 0.717) is 5.69 Å². The van der Waals surface area contributed by atoms with Crippen molar-refractivity contribution in [3.05, 3.63) is 64.5 Å². The second kappa shape index (κ2) is 6.34. The average molecular weight is 371 g/mol. The SMILES string of the molecule is Cc1ccc(-c2cnn(C)c2)nc1C(=O)Nc1ccc(Br)cc1. The highest BCUT2D eigenvalue weighted by Gasteiger charge is 2.13. The number of aryl methyl sites for hydroxylation is 2. The zero-order valence-electron chi connectivity index (χ0n) is 12.7. The number of halogens is 1. The molecule has 2 heterocycles. The van der Waals surface area contributed by atoms with Gasteiger partial charge in [-0.3, -0.25) is 9.48 Å². The van der Waals surface area contributed by atoms with Crippen LogP contribution in [0.2, 0.25) is 0 Å². The molecular formula is C17H15BrN4O. The molecule has 116 valence electrons. The number of amides is 1. The van der Waals surface area contributed by atoms with E-state index >= 15 is 0 Å². The van der Waals surface area contributed by atoms with E-state index in [1.54, 1.807) is 10.9 Å². The van der Waals surface area contributed by atoms with Crippen molar-refractivity contribution in [2.45, 2.75) is 6.92 Å². The van der Waals surface area contributed by atoms with Crippen LogP contribution in [0.25, 0.3) is 11.3 Å².